The molecule has 9 nitrogen and oxygen atoms in total. The molecule has 3 amide bonds. The average molecular weight is 487 g/mol. The standard InChI is InChI=1S/C21H19BrN4O5/c1-21(13-4-3-5-14(22)10-13)19(27)26(20(28)24-21)11-18-23-17(25-31-18)12-30-16-8-6-15(29-2)7-9-16/h3-10H,11-12H2,1-2H3,(H,24,28)/t21-/m0/s1. The second kappa shape index (κ2) is 8.38. The maximum atomic E-state index is 13.0. The molecule has 0 bridgehead atoms. The van der Waals surface area contributed by atoms with Gasteiger partial charge in [-0.3, -0.25) is 9.69 Å². The van der Waals surface area contributed by atoms with Crippen LogP contribution in [0.15, 0.2) is 57.5 Å². The van der Waals surface area contributed by atoms with Crippen LogP contribution in [-0.4, -0.2) is 34.1 Å². The Morgan fingerprint density at radius 2 is 1.90 bits per heavy atom. The third-order valence-electron chi connectivity index (χ3n) is 4.91. The van der Waals surface area contributed by atoms with Gasteiger partial charge >= 0.3 is 6.03 Å². The molecule has 0 radical (unpaired) electrons. The van der Waals surface area contributed by atoms with Crippen molar-refractivity contribution in [3.05, 3.63) is 70.3 Å². The number of carbonyl (C=O) groups is 2. The predicted molar refractivity (Wildman–Crippen MR) is 112 cm³/mol. The molecule has 3 aromatic rings. The van der Waals surface area contributed by atoms with Gasteiger partial charge in [0.05, 0.1) is 7.11 Å². The number of benzene rings is 2. The Kier molecular flexibility index (Phi) is 5.64. The van der Waals surface area contributed by atoms with Gasteiger partial charge < -0.3 is 19.3 Å². The van der Waals surface area contributed by atoms with Crippen LogP contribution in [0.5, 0.6) is 11.5 Å². The van der Waals surface area contributed by atoms with Gasteiger partial charge in [0.1, 0.15) is 23.6 Å². The lowest BCUT2D eigenvalue weighted by molar-refractivity contribution is -0.131. The Morgan fingerprint density at radius 1 is 1.16 bits per heavy atom. The van der Waals surface area contributed by atoms with Crippen LogP contribution in [0.2, 0.25) is 0 Å². The first-order chi connectivity index (χ1) is 14.9. The number of ether oxygens (including phenoxy) is 2. The Bertz CT molecular complexity index is 1120. The Labute approximate surface area is 186 Å². The highest BCUT2D eigenvalue weighted by Gasteiger charge is 2.49. The molecule has 1 atom stereocenters. The normalized spacial score (nSPS) is 18.2. The molecule has 10 heteroatoms. The zero-order chi connectivity index (χ0) is 22.0. The van der Waals surface area contributed by atoms with E-state index in [0.717, 1.165) is 15.1 Å². The summed E-state index contributed by atoms with van der Waals surface area (Å²) in [5.41, 5.74) is -0.511. The maximum absolute atomic E-state index is 13.0. The van der Waals surface area contributed by atoms with E-state index < -0.39 is 17.5 Å². The van der Waals surface area contributed by atoms with E-state index in [1.807, 2.05) is 6.07 Å². The van der Waals surface area contributed by atoms with Crippen LogP contribution in [0, 0.1) is 0 Å². The van der Waals surface area contributed by atoms with Gasteiger partial charge in [0.15, 0.2) is 6.61 Å². The first kappa shape index (κ1) is 20.9. The van der Waals surface area contributed by atoms with Gasteiger partial charge in [-0.2, -0.15) is 4.98 Å². The van der Waals surface area contributed by atoms with Crippen LogP contribution in [0.3, 0.4) is 0 Å². The molecule has 1 aliphatic rings. The van der Waals surface area contributed by atoms with Crippen molar-refractivity contribution in [2.24, 2.45) is 0 Å². The quantitative estimate of drug-likeness (QED) is 0.510. The molecule has 160 valence electrons. The van der Waals surface area contributed by atoms with Gasteiger partial charge in [-0.1, -0.05) is 33.2 Å². The molecule has 1 saturated heterocycles. The van der Waals surface area contributed by atoms with Crippen molar-refractivity contribution >= 4 is 27.9 Å². The number of nitrogens with zero attached hydrogens (tertiary/aromatic N) is 3. The van der Waals surface area contributed by atoms with E-state index in [1.54, 1.807) is 56.5 Å². The average Bonchev–Trinajstić information content (AvgIpc) is 3.31. The van der Waals surface area contributed by atoms with Gasteiger partial charge in [0.2, 0.25) is 11.7 Å². The van der Waals surface area contributed by atoms with E-state index in [-0.39, 0.29) is 19.0 Å². The van der Waals surface area contributed by atoms with Crippen molar-refractivity contribution in [1.82, 2.24) is 20.4 Å². The lowest BCUT2D eigenvalue weighted by Gasteiger charge is -2.22. The molecule has 2 heterocycles. The molecule has 1 aromatic heterocycles. The van der Waals surface area contributed by atoms with E-state index in [0.29, 0.717) is 17.1 Å². The van der Waals surface area contributed by atoms with Crippen LogP contribution in [-0.2, 0) is 23.5 Å². The highest BCUT2D eigenvalue weighted by Crippen LogP contribution is 2.31. The fourth-order valence-corrected chi connectivity index (χ4v) is 3.60. The minimum absolute atomic E-state index is 0.0751. The highest BCUT2D eigenvalue weighted by molar-refractivity contribution is 9.10. The number of hydrogen-bond acceptors (Lipinski definition) is 7. The van der Waals surface area contributed by atoms with Gasteiger partial charge in [-0.05, 0) is 48.9 Å². The summed E-state index contributed by atoms with van der Waals surface area (Å²) < 4.78 is 16.7. The number of aromatic nitrogens is 2. The Hall–Kier alpha value is -3.40. The van der Waals surface area contributed by atoms with E-state index in [9.17, 15) is 9.59 Å². The summed E-state index contributed by atoms with van der Waals surface area (Å²) in [4.78, 5) is 30.8. The first-order valence-corrected chi connectivity index (χ1v) is 10.2. The van der Waals surface area contributed by atoms with Crippen LogP contribution in [0.25, 0.3) is 0 Å². The summed E-state index contributed by atoms with van der Waals surface area (Å²) in [6.07, 6.45) is 0. The van der Waals surface area contributed by atoms with E-state index in [1.165, 1.54) is 0 Å². The van der Waals surface area contributed by atoms with Crippen molar-refractivity contribution in [3.63, 3.8) is 0 Å². The summed E-state index contributed by atoms with van der Waals surface area (Å²) >= 11 is 3.39. The zero-order valence-electron chi connectivity index (χ0n) is 16.8. The number of urea groups is 1. The van der Waals surface area contributed by atoms with Crippen molar-refractivity contribution in [2.75, 3.05) is 7.11 Å². The SMILES string of the molecule is COc1ccc(OCc2noc(CN3C(=O)N[C@@](C)(c4cccc(Br)c4)C3=O)n2)cc1. The van der Waals surface area contributed by atoms with Crippen molar-refractivity contribution in [2.45, 2.75) is 25.6 Å². The number of carbonyl (C=O) groups excluding carboxylic acids is 2. The summed E-state index contributed by atoms with van der Waals surface area (Å²) in [6, 6.07) is 13.8. The van der Waals surface area contributed by atoms with E-state index in [4.69, 9.17) is 14.0 Å². The smallest absolute Gasteiger partial charge is 0.325 e. The molecule has 31 heavy (non-hydrogen) atoms. The topological polar surface area (TPSA) is 107 Å². The predicted octanol–water partition coefficient (Wildman–Crippen LogP) is 3.39. The third-order valence-corrected chi connectivity index (χ3v) is 5.40. The second-order valence-electron chi connectivity index (χ2n) is 7.03. The summed E-state index contributed by atoms with van der Waals surface area (Å²) in [6.45, 7) is 1.60. The van der Waals surface area contributed by atoms with Crippen LogP contribution in [0.4, 0.5) is 4.79 Å². The number of halogens is 1. The van der Waals surface area contributed by atoms with E-state index in [2.05, 4.69) is 31.4 Å². The van der Waals surface area contributed by atoms with Gasteiger partial charge in [-0.25, -0.2) is 4.79 Å². The van der Waals surface area contributed by atoms with Crippen LogP contribution >= 0.6 is 15.9 Å². The molecule has 1 fully saturated rings. The van der Waals surface area contributed by atoms with E-state index >= 15 is 0 Å². The fraction of sp³-hybridized carbons (Fsp3) is 0.238. The molecule has 1 aliphatic heterocycles. The van der Waals surface area contributed by atoms with Gasteiger partial charge in [-0.15, -0.1) is 0 Å². The fourth-order valence-electron chi connectivity index (χ4n) is 3.20. The van der Waals surface area contributed by atoms with Crippen LogP contribution in [0.1, 0.15) is 24.2 Å². The molecule has 2 aromatic carbocycles. The Morgan fingerprint density at radius 3 is 2.61 bits per heavy atom. The zero-order valence-corrected chi connectivity index (χ0v) is 18.4. The molecule has 0 spiro atoms. The van der Waals surface area contributed by atoms with Gasteiger partial charge in [0, 0.05) is 4.47 Å². The van der Waals surface area contributed by atoms with Crippen molar-refractivity contribution in [3.8, 4) is 11.5 Å². The number of amides is 3. The summed E-state index contributed by atoms with van der Waals surface area (Å²) in [7, 11) is 1.59. The number of nitrogens with one attached hydrogen (secondary N) is 1. The lowest BCUT2D eigenvalue weighted by Crippen LogP contribution is -2.40. The summed E-state index contributed by atoms with van der Waals surface area (Å²) in [5.74, 6) is 1.37. The number of rotatable bonds is 7. The molecular formula is C21H19BrN4O5. The highest BCUT2D eigenvalue weighted by atomic mass is 79.9. The molecule has 0 saturated carbocycles. The lowest BCUT2D eigenvalue weighted by atomic mass is 9.92. The molecule has 1 N–H and O–H groups in total. The summed E-state index contributed by atoms with van der Waals surface area (Å²) in [5, 5.41) is 6.60. The van der Waals surface area contributed by atoms with Crippen molar-refractivity contribution < 1.29 is 23.6 Å². The number of imide groups is 1. The third kappa shape index (κ3) is 4.24. The van der Waals surface area contributed by atoms with Gasteiger partial charge in [0.25, 0.3) is 5.91 Å². The molecule has 0 aliphatic carbocycles. The molecule has 4 rings (SSSR count). The molecular weight excluding hydrogens is 468 g/mol. The monoisotopic (exact) mass is 486 g/mol. The largest absolute Gasteiger partial charge is 0.497 e. The Balaban J connectivity index is 1.42. The number of hydrogen-bond donors (Lipinski definition) is 1. The van der Waals surface area contributed by atoms with Crippen LogP contribution < -0.4 is 14.8 Å². The first-order valence-electron chi connectivity index (χ1n) is 9.37. The maximum Gasteiger partial charge on any atom is 0.325 e. The number of methoxy groups -OCH3 is 1. The minimum Gasteiger partial charge on any atom is -0.497 e. The minimum atomic E-state index is -1.18. The second-order valence-corrected chi connectivity index (χ2v) is 7.94. The molecule has 0 unspecified atom stereocenters. The van der Waals surface area contributed by atoms with Crippen molar-refractivity contribution in [1.29, 1.82) is 0 Å².